The van der Waals surface area contributed by atoms with Crippen molar-refractivity contribution in [1.29, 1.82) is 0 Å². The monoisotopic (exact) mass is 237 g/mol. The van der Waals surface area contributed by atoms with Gasteiger partial charge in [0.05, 0.1) is 12.2 Å². The Morgan fingerprint density at radius 1 is 1.29 bits per heavy atom. The lowest BCUT2D eigenvalue weighted by Gasteiger charge is -2.23. The van der Waals surface area contributed by atoms with Crippen molar-refractivity contribution in [2.45, 2.75) is 38.8 Å². The van der Waals surface area contributed by atoms with Gasteiger partial charge in [0.25, 0.3) is 0 Å². The number of para-hydroxylation sites is 1. The summed E-state index contributed by atoms with van der Waals surface area (Å²) in [5.41, 5.74) is 6.79. The first-order chi connectivity index (χ1) is 7.96. The molecule has 0 bridgehead atoms. The van der Waals surface area contributed by atoms with Crippen LogP contribution in [0.15, 0.2) is 24.3 Å². The van der Waals surface area contributed by atoms with Gasteiger partial charge in [0.1, 0.15) is 5.75 Å². The van der Waals surface area contributed by atoms with Crippen LogP contribution in [0.3, 0.4) is 0 Å². The minimum absolute atomic E-state index is 0.0124. The van der Waals surface area contributed by atoms with Gasteiger partial charge in [-0.15, -0.1) is 0 Å². The lowest BCUT2D eigenvalue weighted by molar-refractivity contribution is 0.00536. The van der Waals surface area contributed by atoms with E-state index in [-0.39, 0.29) is 11.6 Å². The highest BCUT2D eigenvalue weighted by molar-refractivity contribution is 5.35. The molecule has 0 saturated heterocycles. The normalized spacial score (nSPS) is 13.5. The molecule has 1 unspecified atom stereocenters. The van der Waals surface area contributed by atoms with E-state index in [0.717, 1.165) is 17.7 Å². The topological polar surface area (TPSA) is 44.5 Å². The standard InChI is InChI=1S/C14H23NO2/c1-11(15)12-7-5-6-8-13(12)17-10-9-14(2,3)16-4/h5-8,11H,9-10,15H2,1-4H3. The molecule has 3 nitrogen and oxygen atoms in total. The molecule has 0 aliphatic heterocycles. The Hall–Kier alpha value is -1.06. The first-order valence-corrected chi connectivity index (χ1v) is 5.99. The Labute approximate surface area is 104 Å². The van der Waals surface area contributed by atoms with E-state index in [2.05, 4.69) is 0 Å². The first kappa shape index (κ1) is 14.0. The third-order valence-corrected chi connectivity index (χ3v) is 2.92. The average Bonchev–Trinajstić information content (AvgIpc) is 2.29. The third-order valence-electron chi connectivity index (χ3n) is 2.92. The van der Waals surface area contributed by atoms with Crippen LogP contribution in [-0.2, 0) is 4.74 Å². The largest absolute Gasteiger partial charge is 0.493 e. The number of rotatable bonds is 6. The summed E-state index contributed by atoms with van der Waals surface area (Å²) >= 11 is 0. The zero-order valence-corrected chi connectivity index (χ0v) is 11.2. The summed E-state index contributed by atoms with van der Waals surface area (Å²) in [5, 5.41) is 0. The lowest BCUT2D eigenvalue weighted by atomic mass is 10.1. The van der Waals surface area contributed by atoms with Crippen molar-refractivity contribution in [2.75, 3.05) is 13.7 Å². The van der Waals surface area contributed by atoms with Crippen LogP contribution in [-0.4, -0.2) is 19.3 Å². The zero-order chi connectivity index (χ0) is 12.9. The maximum atomic E-state index is 5.89. The van der Waals surface area contributed by atoms with Gasteiger partial charge in [0.15, 0.2) is 0 Å². The van der Waals surface area contributed by atoms with Crippen molar-refractivity contribution < 1.29 is 9.47 Å². The summed E-state index contributed by atoms with van der Waals surface area (Å²) < 4.78 is 11.1. The van der Waals surface area contributed by atoms with Crippen LogP contribution in [0.2, 0.25) is 0 Å². The molecule has 1 rings (SSSR count). The zero-order valence-electron chi connectivity index (χ0n) is 11.2. The van der Waals surface area contributed by atoms with Crippen molar-refractivity contribution in [2.24, 2.45) is 5.73 Å². The van der Waals surface area contributed by atoms with Crippen molar-refractivity contribution in [1.82, 2.24) is 0 Å². The number of methoxy groups -OCH3 is 1. The molecular weight excluding hydrogens is 214 g/mol. The molecule has 0 spiro atoms. The molecule has 0 radical (unpaired) electrons. The molecule has 0 heterocycles. The number of nitrogens with two attached hydrogens (primary N) is 1. The lowest BCUT2D eigenvalue weighted by Crippen LogP contribution is -2.25. The number of benzene rings is 1. The van der Waals surface area contributed by atoms with Crippen molar-refractivity contribution in [3.05, 3.63) is 29.8 Å². The summed E-state index contributed by atoms with van der Waals surface area (Å²) in [6.45, 7) is 6.69. The SMILES string of the molecule is COC(C)(C)CCOc1ccccc1C(C)N. The molecule has 3 heteroatoms. The third kappa shape index (κ3) is 4.36. The fraction of sp³-hybridized carbons (Fsp3) is 0.571. The number of hydrogen-bond acceptors (Lipinski definition) is 3. The quantitative estimate of drug-likeness (QED) is 0.827. The summed E-state index contributed by atoms with van der Waals surface area (Å²) in [6.07, 6.45) is 0.844. The van der Waals surface area contributed by atoms with Gasteiger partial charge >= 0.3 is 0 Å². The van der Waals surface area contributed by atoms with Gasteiger partial charge in [-0.2, -0.15) is 0 Å². The molecule has 17 heavy (non-hydrogen) atoms. The second-order valence-corrected chi connectivity index (χ2v) is 4.89. The summed E-state index contributed by atoms with van der Waals surface area (Å²) in [4.78, 5) is 0. The van der Waals surface area contributed by atoms with E-state index in [1.165, 1.54) is 0 Å². The van der Waals surface area contributed by atoms with Gasteiger partial charge in [-0.05, 0) is 26.8 Å². The minimum Gasteiger partial charge on any atom is -0.493 e. The molecule has 2 N–H and O–H groups in total. The highest BCUT2D eigenvalue weighted by atomic mass is 16.5. The van der Waals surface area contributed by atoms with Crippen LogP contribution in [0.25, 0.3) is 0 Å². The predicted octanol–water partition coefficient (Wildman–Crippen LogP) is 2.90. The maximum Gasteiger partial charge on any atom is 0.124 e. The van der Waals surface area contributed by atoms with Gasteiger partial charge in [0.2, 0.25) is 0 Å². The summed E-state index contributed by atoms with van der Waals surface area (Å²) in [7, 11) is 1.72. The molecule has 0 saturated carbocycles. The second-order valence-electron chi connectivity index (χ2n) is 4.89. The van der Waals surface area contributed by atoms with E-state index >= 15 is 0 Å². The molecule has 0 amide bonds. The van der Waals surface area contributed by atoms with Gasteiger partial charge in [0, 0.05) is 25.1 Å². The van der Waals surface area contributed by atoms with Crippen LogP contribution in [0.4, 0.5) is 0 Å². The van der Waals surface area contributed by atoms with E-state index in [0.29, 0.717) is 6.61 Å². The van der Waals surface area contributed by atoms with Gasteiger partial charge in [-0.25, -0.2) is 0 Å². The van der Waals surface area contributed by atoms with Crippen LogP contribution in [0.5, 0.6) is 5.75 Å². The highest BCUT2D eigenvalue weighted by Crippen LogP contribution is 2.24. The van der Waals surface area contributed by atoms with Crippen molar-refractivity contribution in [3.8, 4) is 5.75 Å². The van der Waals surface area contributed by atoms with E-state index < -0.39 is 0 Å². The van der Waals surface area contributed by atoms with E-state index in [9.17, 15) is 0 Å². The Bertz CT molecular complexity index is 348. The molecule has 0 aromatic heterocycles. The molecule has 1 aromatic carbocycles. The Kier molecular flexibility index (Phi) is 4.97. The Morgan fingerprint density at radius 2 is 1.94 bits per heavy atom. The molecule has 96 valence electrons. The smallest absolute Gasteiger partial charge is 0.124 e. The van der Waals surface area contributed by atoms with Crippen molar-refractivity contribution in [3.63, 3.8) is 0 Å². The van der Waals surface area contributed by atoms with Crippen LogP contribution in [0.1, 0.15) is 38.8 Å². The van der Waals surface area contributed by atoms with Crippen molar-refractivity contribution >= 4 is 0 Å². The van der Waals surface area contributed by atoms with Gasteiger partial charge in [-0.1, -0.05) is 18.2 Å². The minimum atomic E-state index is -0.150. The molecule has 1 atom stereocenters. The predicted molar refractivity (Wildman–Crippen MR) is 70.2 cm³/mol. The van der Waals surface area contributed by atoms with E-state index in [1.807, 2.05) is 45.0 Å². The number of ether oxygens (including phenoxy) is 2. The summed E-state index contributed by atoms with van der Waals surface area (Å²) in [6, 6.07) is 7.88. The van der Waals surface area contributed by atoms with Crippen LogP contribution >= 0.6 is 0 Å². The van der Waals surface area contributed by atoms with E-state index in [4.69, 9.17) is 15.2 Å². The van der Waals surface area contributed by atoms with Crippen LogP contribution < -0.4 is 10.5 Å². The second kappa shape index (κ2) is 6.03. The fourth-order valence-electron chi connectivity index (χ4n) is 1.50. The van der Waals surface area contributed by atoms with Crippen LogP contribution in [0, 0.1) is 0 Å². The Balaban J connectivity index is 2.58. The molecule has 0 fully saturated rings. The van der Waals surface area contributed by atoms with E-state index in [1.54, 1.807) is 7.11 Å². The summed E-state index contributed by atoms with van der Waals surface area (Å²) in [5.74, 6) is 0.870. The van der Waals surface area contributed by atoms with Gasteiger partial charge < -0.3 is 15.2 Å². The maximum absolute atomic E-state index is 5.89. The average molecular weight is 237 g/mol. The Morgan fingerprint density at radius 3 is 2.53 bits per heavy atom. The molecule has 0 aliphatic rings. The fourth-order valence-corrected chi connectivity index (χ4v) is 1.50. The molecule has 1 aromatic rings. The first-order valence-electron chi connectivity index (χ1n) is 5.99. The molecule has 0 aliphatic carbocycles. The molecular formula is C14H23NO2. The van der Waals surface area contributed by atoms with Gasteiger partial charge in [-0.3, -0.25) is 0 Å². The highest BCUT2D eigenvalue weighted by Gasteiger charge is 2.16. The number of hydrogen-bond donors (Lipinski definition) is 1.